The Morgan fingerprint density at radius 2 is 1.75 bits per heavy atom. The Bertz CT molecular complexity index is 230. The van der Waals surface area contributed by atoms with E-state index in [0.717, 1.165) is 25.9 Å². The van der Waals surface area contributed by atoms with Crippen LogP contribution in [0.15, 0.2) is 5.16 Å². The molecule has 0 bridgehead atoms. The number of nitrogens with two attached hydrogens (primary N) is 1. The van der Waals surface area contributed by atoms with Crippen molar-refractivity contribution in [2.75, 3.05) is 6.61 Å². The van der Waals surface area contributed by atoms with Crippen LogP contribution in [0.2, 0.25) is 0 Å². The van der Waals surface area contributed by atoms with Gasteiger partial charge in [-0.3, -0.25) is 0 Å². The number of amidine groups is 1. The Morgan fingerprint density at radius 1 is 1.19 bits per heavy atom. The lowest BCUT2D eigenvalue weighted by Gasteiger charge is -2.23. The molecule has 0 fully saturated rings. The molecule has 0 atom stereocenters. The Labute approximate surface area is 98.9 Å². The van der Waals surface area contributed by atoms with Gasteiger partial charge in [-0.2, -0.15) is 0 Å². The number of oxime groups is 1. The van der Waals surface area contributed by atoms with Crippen LogP contribution in [0.25, 0.3) is 0 Å². The van der Waals surface area contributed by atoms with Gasteiger partial charge in [0.2, 0.25) is 0 Å². The maximum Gasteiger partial charge on any atom is 0.144 e. The monoisotopic (exact) mass is 230 g/mol. The van der Waals surface area contributed by atoms with Crippen molar-refractivity contribution in [3.05, 3.63) is 0 Å². The number of rotatable bonds is 6. The van der Waals surface area contributed by atoms with Gasteiger partial charge in [0.15, 0.2) is 0 Å². The first-order valence-corrected chi connectivity index (χ1v) is 5.81. The predicted molar refractivity (Wildman–Crippen MR) is 66.7 cm³/mol. The van der Waals surface area contributed by atoms with Gasteiger partial charge in [-0.05, 0) is 33.6 Å². The van der Waals surface area contributed by atoms with E-state index in [4.69, 9.17) is 15.7 Å². The second-order valence-corrected chi connectivity index (χ2v) is 5.79. The molecular formula is C12H26N2O2. The summed E-state index contributed by atoms with van der Waals surface area (Å²) in [6.07, 6.45) is 2.91. The summed E-state index contributed by atoms with van der Waals surface area (Å²) in [4.78, 5) is 0. The lowest BCUT2D eigenvalue weighted by Crippen LogP contribution is -2.32. The first-order valence-electron chi connectivity index (χ1n) is 5.81. The van der Waals surface area contributed by atoms with Crippen molar-refractivity contribution in [3.63, 3.8) is 0 Å². The molecule has 0 aromatic carbocycles. The number of hydrogen-bond donors (Lipinski definition) is 2. The molecular weight excluding hydrogens is 204 g/mol. The molecule has 0 unspecified atom stereocenters. The number of nitrogens with zero attached hydrogens (tertiary/aromatic N) is 1. The van der Waals surface area contributed by atoms with Crippen LogP contribution in [0.5, 0.6) is 0 Å². The average Bonchev–Trinajstić information content (AvgIpc) is 2.14. The van der Waals surface area contributed by atoms with E-state index in [-0.39, 0.29) is 11.0 Å². The van der Waals surface area contributed by atoms with Crippen molar-refractivity contribution in [2.24, 2.45) is 16.3 Å². The van der Waals surface area contributed by atoms with Crippen LogP contribution >= 0.6 is 0 Å². The summed E-state index contributed by atoms with van der Waals surface area (Å²) in [5, 5.41) is 11.7. The highest BCUT2D eigenvalue weighted by molar-refractivity contribution is 5.85. The highest BCUT2D eigenvalue weighted by Crippen LogP contribution is 2.23. The van der Waals surface area contributed by atoms with Gasteiger partial charge in [-0.25, -0.2) is 0 Å². The second kappa shape index (κ2) is 6.09. The van der Waals surface area contributed by atoms with Crippen LogP contribution in [-0.4, -0.2) is 23.3 Å². The summed E-state index contributed by atoms with van der Waals surface area (Å²) in [6, 6.07) is 0. The summed E-state index contributed by atoms with van der Waals surface area (Å²) < 4.78 is 5.62. The fraction of sp³-hybridized carbons (Fsp3) is 0.917. The second-order valence-electron chi connectivity index (χ2n) is 5.79. The number of unbranched alkanes of at least 4 members (excludes halogenated alkanes) is 1. The average molecular weight is 230 g/mol. The first-order chi connectivity index (χ1) is 7.19. The zero-order chi connectivity index (χ0) is 12.8. The van der Waals surface area contributed by atoms with Crippen molar-refractivity contribution >= 4 is 5.84 Å². The molecule has 0 rings (SSSR count). The topological polar surface area (TPSA) is 67.8 Å². The van der Waals surface area contributed by atoms with Crippen LogP contribution in [0.1, 0.15) is 53.9 Å². The predicted octanol–water partition coefficient (Wildman–Crippen LogP) is 2.74. The zero-order valence-electron chi connectivity index (χ0n) is 11.2. The van der Waals surface area contributed by atoms with E-state index in [1.807, 2.05) is 34.6 Å². The van der Waals surface area contributed by atoms with Gasteiger partial charge < -0.3 is 15.7 Å². The van der Waals surface area contributed by atoms with Crippen LogP contribution in [-0.2, 0) is 4.74 Å². The highest BCUT2D eigenvalue weighted by atomic mass is 16.5. The SMILES string of the molecule is CC(C)(C)OCCCCC(C)(C)C(N)=NO. The number of hydrogen-bond acceptors (Lipinski definition) is 3. The van der Waals surface area contributed by atoms with E-state index in [0.29, 0.717) is 5.84 Å². The lowest BCUT2D eigenvalue weighted by atomic mass is 9.86. The van der Waals surface area contributed by atoms with E-state index < -0.39 is 0 Å². The summed E-state index contributed by atoms with van der Waals surface area (Å²) >= 11 is 0. The van der Waals surface area contributed by atoms with E-state index >= 15 is 0 Å². The Kier molecular flexibility index (Phi) is 5.79. The molecule has 4 heteroatoms. The van der Waals surface area contributed by atoms with E-state index in [1.165, 1.54) is 0 Å². The molecule has 0 radical (unpaired) electrons. The smallest absolute Gasteiger partial charge is 0.144 e. The molecule has 0 spiro atoms. The molecule has 0 heterocycles. The van der Waals surface area contributed by atoms with Gasteiger partial charge in [0.25, 0.3) is 0 Å². The van der Waals surface area contributed by atoms with Gasteiger partial charge in [-0.1, -0.05) is 25.4 Å². The molecule has 0 aromatic heterocycles. The Balaban J connectivity index is 3.75. The van der Waals surface area contributed by atoms with Gasteiger partial charge in [0.05, 0.1) is 5.60 Å². The molecule has 0 aliphatic heterocycles. The third kappa shape index (κ3) is 6.67. The van der Waals surface area contributed by atoms with Crippen molar-refractivity contribution in [2.45, 2.75) is 59.5 Å². The lowest BCUT2D eigenvalue weighted by molar-refractivity contribution is -0.00512. The zero-order valence-corrected chi connectivity index (χ0v) is 11.2. The van der Waals surface area contributed by atoms with Gasteiger partial charge in [0.1, 0.15) is 5.84 Å². The molecule has 96 valence electrons. The Hall–Kier alpha value is -0.770. The third-order valence-electron chi connectivity index (χ3n) is 2.53. The normalized spacial score (nSPS) is 14.2. The van der Waals surface area contributed by atoms with E-state index in [9.17, 15) is 0 Å². The van der Waals surface area contributed by atoms with Crippen LogP contribution in [0, 0.1) is 5.41 Å². The summed E-state index contributed by atoms with van der Waals surface area (Å²) in [5.41, 5.74) is 5.30. The van der Waals surface area contributed by atoms with Crippen molar-refractivity contribution < 1.29 is 9.94 Å². The van der Waals surface area contributed by atoms with E-state index in [2.05, 4.69) is 5.16 Å². The molecule has 0 aliphatic carbocycles. The van der Waals surface area contributed by atoms with Crippen LogP contribution in [0.4, 0.5) is 0 Å². The minimum Gasteiger partial charge on any atom is -0.409 e. The van der Waals surface area contributed by atoms with Crippen molar-refractivity contribution in [3.8, 4) is 0 Å². The molecule has 0 saturated heterocycles. The highest BCUT2D eigenvalue weighted by Gasteiger charge is 2.22. The third-order valence-corrected chi connectivity index (χ3v) is 2.53. The minimum absolute atomic E-state index is 0.0684. The molecule has 0 saturated carbocycles. The maximum atomic E-state index is 8.62. The van der Waals surface area contributed by atoms with Gasteiger partial charge in [-0.15, -0.1) is 0 Å². The fourth-order valence-electron chi connectivity index (χ4n) is 1.31. The molecule has 0 aliphatic rings. The largest absolute Gasteiger partial charge is 0.409 e. The summed E-state index contributed by atoms with van der Waals surface area (Å²) in [6.45, 7) is 10.9. The molecule has 3 N–H and O–H groups in total. The molecule has 16 heavy (non-hydrogen) atoms. The summed E-state index contributed by atoms with van der Waals surface area (Å²) in [5.74, 6) is 0.296. The van der Waals surface area contributed by atoms with Crippen LogP contribution < -0.4 is 5.73 Å². The minimum atomic E-state index is -0.240. The standard InChI is InChI=1S/C12H26N2O2/c1-11(2,3)16-9-7-6-8-12(4,5)10(13)14-15/h15H,6-9H2,1-5H3,(H2,13,14). The quantitative estimate of drug-likeness (QED) is 0.242. The first kappa shape index (κ1) is 15.2. The summed E-state index contributed by atoms with van der Waals surface area (Å²) in [7, 11) is 0. The molecule has 0 aromatic rings. The van der Waals surface area contributed by atoms with Gasteiger partial charge in [0, 0.05) is 12.0 Å². The molecule has 0 amide bonds. The Morgan fingerprint density at radius 3 is 2.19 bits per heavy atom. The van der Waals surface area contributed by atoms with Crippen LogP contribution in [0.3, 0.4) is 0 Å². The number of ether oxygens (including phenoxy) is 1. The maximum absolute atomic E-state index is 8.62. The van der Waals surface area contributed by atoms with E-state index in [1.54, 1.807) is 0 Å². The van der Waals surface area contributed by atoms with Crippen molar-refractivity contribution in [1.29, 1.82) is 0 Å². The molecule has 4 nitrogen and oxygen atoms in total. The van der Waals surface area contributed by atoms with Gasteiger partial charge >= 0.3 is 0 Å². The fourth-order valence-corrected chi connectivity index (χ4v) is 1.31. The van der Waals surface area contributed by atoms with Crippen molar-refractivity contribution in [1.82, 2.24) is 0 Å².